The number of benzene rings is 1. The van der Waals surface area contributed by atoms with Gasteiger partial charge in [-0.2, -0.15) is 4.31 Å². The molecule has 0 atom stereocenters. The average molecular weight is 418 g/mol. The summed E-state index contributed by atoms with van der Waals surface area (Å²) in [6.07, 6.45) is 4.95. The van der Waals surface area contributed by atoms with Crippen molar-refractivity contribution in [2.24, 2.45) is 5.92 Å². The van der Waals surface area contributed by atoms with Gasteiger partial charge in [0.25, 0.3) is 0 Å². The minimum absolute atomic E-state index is 0.0237. The number of carbonyl (C=O) groups excluding carboxylic acids is 1. The highest BCUT2D eigenvalue weighted by Gasteiger charge is 2.29. The summed E-state index contributed by atoms with van der Waals surface area (Å²) in [7, 11) is -3.48. The van der Waals surface area contributed by atoms with Crippen LogP contribution in [-0.2, 0) is 27.8 Å². The summed E-state index contributed by atoms with van der Waals surface area (Å²) < 4.78 is 28.4. The molecule has 1 aliphatic rings. The van der Waals surface area contributed by atoms with Gasteiger partial charge in [0.15, 0.2) is 0 Å². The molecule has 8 nitrogen and oxygen atoms in total. The number of aromatic nitrogens is 3. The van der Waals surface area contributed by atoms with E-state index in [0.717, 1.165) is 17.9 Å². The number of nitrogens with zero attached hydrogens (tertiary/aromatic N) is 4. The smallest absolute Gasteiger partial charge is 0.236 e. The van der Waals surface area contributed by atoms with Crippen LogP contribution in [0, 0.1) is 5.92 Å². The van der Waals surface area contributed by atoms with Gasteiger partial charge >= 0.3 is 0 Å². The summed E-state index contributed by atoms with van der Waals surface area (Å²) in [5.41, 5.74) is 0.837. The molecule has 1 aliphatic heterocycles. The van der Waals surface area contributed by atoms with Crippen molar-refractivity contribution in [1.29, 1.82) is 0 Å². The Labute approximate surface area is 171 Å². The number of nitrogens with one attached hydrogen (secondary N) is 1. The summed E-state index contributed by atoms with van der Waals surface area (Å²) in [6, 6.07) is 9.32. The lowest BCUT2D eigenvalue weighted by Gasteiger charge is -2.29. The average Bonchev–Trinajstić information content (AvgIpc) is 3.20. The molecule has 0 radical (unpaired) electrons. The van der Waals surface area contributed by atoms with Gasteiger partial charge in [-0.25, -0.2) is 8.42 Å². The minimum Gasteiger partial charge on any atom is -0.355 e. The molecule has 1 fully saturated rings. The highest BCUT2D eigenvalue weighted by atomic mass is 32.2. The molecule has 1 N–H and O–H groups in total. The fourth-order valence-corrected chi connectivity index (χ4v) is 4.59. The second-order valence-corrected chi connectivity index (χ2v) is 8.82. The Bertz CT molecular complexity index is 932. The largest absolute Gasteiger partial charge is 0.355 e. The Morgan fingerprint density at radius 2 is 1.97 bits per heavy atom. The van der Waals surface area contributed by atoms with Crippen LogP contribution in [0.15, 0.2) is 42.1 Å². The van der Waals surface area contributed by atoms with Crippen molar-refractivity contribution in [1.82, 2.24) is 24.4 Å². The SMILES string of the molecule is CCn1cnnc1CCNC(=O)C1CCN(S(=O)(=O)/C=C/c2ccccc2)CC1. The maximum atomic E-state index is 12.5. The first-order valence-corrected chi connectivity index (χ1v) is 11.4. The van der Waals surface area contributed by atoms with E-state index in [1.54, 1.807) is 12.4 Å². The monoisotopic (exact) mass is 417 g/mol. The lowest BCUT2D eigenvalue weighted by molar-refractivity contribution is -0.126. The van der Waals surface area contributed by atoms with Gasteiger partial charge in [0.2, 0.25) is 15.9 Å². The molecule has 1 saturated heterocycles. The Hall–Kier alpha value is -2.52. The fraction of sp³-hybridized carbons (Fsp3) is 0.450. The number of carbonyl (C=O) groups is 1. The van der Waals surface area contributed by atoms with E-state index in [9.17, 15) is 13.2 Å². The van der Waals surface area contributed by atoms with Gasteiger partial charge in [0.05, 0.1) is 0 Å². The standard InChI is InChI=1S/C20H27N5O3S/c1-2-24-16-22-23-19(24)8-12-21-20(26)18-9-13-25(14-10-18)29(27,28)15-11-17-6-4-3-5-7-17/h3-7,11,15-16,18H,2,8-10,12-14H2,1H3,(H,21,26)/b15-11+. The van der Waals surface area contributed by atoms with Crippen molar-refractivity contribution in [3.8, 4) is 0 Å². The predicted octanol–water partition coefficient (Wildman–Crippen LogP) is 1.67. The van der Waals surface area contributed by atoms with Crippen LogP contribution in [-0.4, -0.2) is 53.0 Å². The fourth-order valence-electron chi connectivity index (χ4n) is 3.37. The molecule has 2 heterocycles. The second kappa shape index (κ2) is 9.80. The molecular formula is C20H27N5O3S. The molecule has 0 aliphatic carbocycles. The van der Waals surface area contributed by atoms with Gasteiger partial charge in [-0.05, 0) is 31.4 Å². The first-order chi connectivity index (χ1) is 14.0. The summed E-state index contributed by atoms with van der Waals surface area (Å²) in [5.74, 6) is 0.659. The summed E-state index contributed by atoms with van der Waals surface area (Å²) >= 11 is 0. The zero-order chi connectivity index (χ0) is 20.7. The molecule has 1 aromatic heterocycles. The Morgan fingerprint density at radius 3 is 2.66 bits per heavy atom. The topological polar surface area (TPSA) is 97.2 Å². The van der Waals surface area contributed by atoms with Gasteiger partial charge in [-0.15, -0.1) is 10.2 Å². The quantitative estimate of drug-likeness (QED) is 0.705. The van der Waals surface area contributed by atoms with E-state index in [1.807, 2.05) is 41.8 Å². The van der Waals surface area contributed by atoms with Gasteiger partial charge in [-0.3, -0.25) is 4.79 Å². The first-order valence-electron chi connectivity index (χ1n) is 9.87. The number of hydrogen-bond donors (Lipinski definition) is 1. The molecule has 0 unspecified atom stereocenters. The number of sulfonamides is 1. The van der Waals surface area contributed by atoms with Crippen LogP contribution in [0.4, 0.5) is 0 Å². The normalized spacial score (nSPS) is 16.3. The molecule has 0 spiro atoms. The molecule has 9 heteroatoms. The number of aryl methyl sites for hydroxylation is 1. The van der Waals surface area contributed by atoms with Gasteiger partial charge < -0.3 is 9.88 Å². The molecular weight excluding hydrogens is 390 g/mol. The van der Waals surface area contributed by atoms with E-state index in [1.165, 1.54) is 9.71 Å². The number of piperidine rings is 1. The van der Waals surface area contributed by atoms with Gasteiger partial charge in [-0.1, -0.05) is 30.3 Å². The lowest BCUT2D eigenvalue weighted by atomic mass is 9.97. The molecule has 29 heavy (non-hydrogen) atoms. The highest BCUT2D eigenvalue weighted by Crippen LogP contribution is 2.21. The van der Waals surface area contributed by atoms with Crippen molar-refractivity contribution in [2.75, 3.05) is 19.6 Å². The van der Waals surface area contributed by atoms with E-state index in [2.05, 4.69) is 15.5 Å². The predicted molar refractivity (Wildman–Crippen MR) is 111 cm³/mol. The second-order valence-electron chi connectivity index (χ2n) is 7.01. The molecule has 0 saturated carbocycles. The van der Waals surface area contributed by atoms with Crippen LogP contribution >= 0.6 is 0 Å². The van der Waals surface area contributed by atoms with E-state index in [4.69, 9.17) is 0 Å². The van der Waals surface area contributed by atoms with Crippen LogP contribution in [0.3, 0.4) is 0 Å². The third-order valence-electron chi connectivity index (χ3n) is 5.10. The van der Waals surface area contributed by atoms with Crippen molar-refractivity contribution in [2.45, 2.75) is 32.7 Å². The van der Waals surface area contributed by atoms with E-state index < -0.39 is 10.0 Å². The zero-order valence-corrected chi connectivity index (χ0v) is 17.4. The van der Waals surface area contributed by atoms with E-state index in [0.29, 0.717) is 38.9 Å². The van der Waals surface area contributed by atoms with Crippen LogP contribution in [0.5, 0.6) is 0 Å². The zero-order valence-electron chi connectivity index (χ0n) is 16.6. The van der Waals surface area contributed by atoms with Crippen molar-refractivity contribution < 1.29 is 13.2 Å². The summed E-state index contributed by atoms with van der Waals surface area (Å²) in [5, 5.41) is 12.1. The summed E-state index contributed by atoms with van der Waals surface area (Å²) in [6.45, 7) is 4.01. The number of amides is 1. The number of rotatable bonds is 8. The van der Waals surface area contributed by atoms with Crippen LogP contribution in [0.25, 0.3) is 6.08 Å². The third kappa shape index (κ3) is 5.74. The van der Waals surface area contributed by atoms with Crippen molar-refractivity contribution in [3.05, 3.63) is 53.5 Å². The van der Waals surface area contributed by atoms with Gasteiger partial charge in [0, 0.05) is 43.9 Å². The third-order valence-corrected chi connectivity index (χ3v) is 6.67. The van der Waals surface area contributed by atoms with Crippen LogP contribution in [0.2, 0.25) is 0 Å². The van der Waals surface area contributed by atoms with E-state index in [-0.39, 0.29) is 11.8 Å². The molecule has 1 aromatic carbocycles. The molecule has 156 valence electrons. The summed E-state index contributed by atoms with van der Waals surface area (Å²) in [4.78, 5) is 12.4. The molecule has 1 amide bonds. The Kier molecular flexibility index (Phi) is 7.16. The highest BCUT2D eigenvalue weighted by molar-refractivity contribution is 7.92. The van der Waals surface area contributed by atoms with Crippen LogP contribution in [0.1, 0.15) is 31.2 Å². The maximum Gasteiger partial charge on any atom is 0.236 e. The lowest BCUT2D eigenvalue weighted by Crippen LogP contribution is -2.42. The van der Waals surface area contributed by atoms with Crippen molar-refractivity contribution >= 4 is 22.0 Å². The van der Waals surface area contributed by atoms with E-state index >= 15 is 0 Å². The molecule has 3 rings (SSSR count). The number of hydrogen-bond acceptors (Lipinski definition) is 5. The van der Waals surface area contributed by atoms with Crippen molar-refractivity contribution in [3.63, 3.8) is 0 Å². The minimum atomic E-state index is -3.48. The molecule has 0 bridgehead atoms. The van der Waals surface area contributed by atoms with Crippen LogP contribution < -0.4 is 5.32 Å². The Balaban J connectivity index is 1.45. The Morgan fingerprint density at radius 1 is 1.24 bits per heavy atom. The maximum absolute atomic E-state index is 12.5. The first kappa shape index (κ1) is 21.2. The molecule has 2 aromatic rings. The van der Waals surface area contributed by atoms with Gasteiger partial charge in [0.1, 0.15) is 12.2 Å².